The van der Waals surface area contributed by atoms with Crippen LogP contribution in [0.3, 0.4) is 0 Å². The van der Waals surface area contributed by atoms with E-state index in [2.05, 4.69) is 74.6 Å². The number of aliphatic hydroxyl groups is 1. The molecule has 0 radical (unpaired) electrons. The summed E-state index contributed by atoms with van der Waals surface area (Å²) in [7, 11) is 0. The van der Waals surface area contributed by atoms with Crippen molar-refractivity contribution in [1.29, 1.82) is 0 Å². The van der Waals surface area contributed by atoms with Gasteiger partial charge in [0, 0.05) is 12.8 Å². The first-order valence-corrected chi connectivity index (χ1v) is 22.8. The van der Waals surface area contributed by atoms with E-state index in [0.717, 1.165) is 77.0 Å². The number of carbonyl (C=O) groups excluding carboxylic acids is 2. The second-order valence-electron chi connectivity index (χ2n) is 15.1. The molecule has 1 unspecified atom stereocenters. The summed E-state index contributed by atoms with van der Waals surface area (Å²) in [4.78, 5) is 24.4. The molecule has 1 N–H and O–H groups in total. The largest absolute Gasteiger partial charge is 0.462 e. The fraction of sp³-hybridized carbons (Fsp3) is 0.755. The van der Waals surface area contributed by atoms with Gasteiger partial charge in [-0.15, -0.1) is 0 Å². The molecular weight excluding hydrogens is 669 g/mol. The maximum atomic E-state index is 12.2. The number of ether oxygens (including phenoxy) is 2. The molecule has 0 aromatic carbocycles. The van der Waals surface area contributed by atoms with Gasteiger partial charge in [0.25, 0.3) is 0 Å². The van der Waals surface area contributed by atoms with Gasteiger partial charge in [0.15, 0.2) is 6.10 Å². The molecule has 0 saturated carbocycles. The van der Waals surface area contributed by atoms with E-state index in [1.54, 1.807) is 0 Å². The summed E-state index contributed by atoms with van der Waals surface area (Å²) in [6.45, 7) is 4.03. The van der Waals surface area contributed by atoms with Crippen molar-refractivity contribution in [3.63, 3.8) is 0 Å². The molecule has 312 valence electrons. The van der Waals surface area contributed by atoms with Gasteiger partial charge in [-0.25, -0.2) is 0 Å². The Morgan fingerprint density at radius 2 is 0.796 bits per heavy atom. The molecule has 5 nitrogen and oxygen atoms in total. The average Bonchev–Trinajstić information content (AvgIpc) is 3.17. The summed E-state index contributed by atoms with van der Waals surface area (Å²) in [5, 5.41) is 9.60. The van der Waals surface area contributed by atoms with Crippen LogP contribution in [0, 0.1) is 0 Å². The van der Waals surface area contributed by atoms with E-state index in [0.29, 0.717) is 12.8 Å². The van der Waals surface area contributed by atoms with Crippen molar-refractivity contribution in [2.45, 2.75) is 225 Å². The molecule has 0 heterocycles. The zero-order valence-electron chi connectivity index (χ0n) is 35.5. The summed E-state index contributed by atoms with van der Waals surface area (Å²) in [5.74, 6) is -0.598. The Balaban J connectivity index is 3.56. The van der Waals surface area contributed by atoms with Crippen molar-refractivity contribution in [2.75, 3.05) is 13.2 Å². The molecule has 0 fully saturated rings. The van der Waals surface area contributed by atoms with Gasteiger partial charge in [0.1, 0.15) is 6.61 Å². The number of allylic oxidation sites excluding steroid dienone is 10. The molecule has 0 aliphatic rings. The Labute approximate surface area is 334 Å². The van der Waals surface area contributed by atoms with Crippen molar-refractivity contribution in [1.82, 2.24) is 0 Å². The maximum Gasteiger partial charge on any atom is 0.306 e. The van der Waals surface area contributed by atoms with Gasteiger partial charge in [0.2, 0.25) is 0 Å². The number of rotatable bonds is 41. The predicted octanol–water partition coefficient (Wildman–Crippen LogP) is 14.7. The van der Waals surface area contributed by atoms with E-state index in [-0.39, 0.29) is 25.2 Å². The smallest absolute Gasteiger partial charge is 0.306 e. The molecular formula is C49H86O5. The van der Waals surface area contributed by atoms with E-state index in [1.165, 1.54) is 116 Å². The standard InChI is InChI=1S/C49H86O5/c1-3-5-7-9-11-13-15-17-19-21-22-23-24-25-26-28-30-32-34-36-38-40-42-44-49(52)54-47(45-50)46-53-48(51)43-41-39-37-35-33-31-29-27-20-18-16-14-12-10-8-6-4-2/h5,7,11,13,17,19,22-23,25-26,47,50H,3-4,6,8-10,12,14-16,18,20-21,24,27-46H2,1-2H3/b7-5-,13-11-,19-17-,23-22-,26-25-. The lowest BCUT2D eigenvalue weighted by Crippen LogP contribution is -2.28. The zero-order valence-corrected chi connectivity index (χ0v) is 35.5. The highest BCUT2D eigenvalue weighted by Crippen LogP contribution is 2.15. The Hall–Kier alpha value is -2.40. The lowest BCUT2D eigenvalue weighted by Gasteiger charge is -2.15. The van der Waals surface area contributed by atoms with Gasteiger partial charge < -0.3 is 14.6 Å². The first-order valence-electron chi connectivity index (χ1n) is 22.8. The topological polar surface area (TPSA) is 72.8 Å². The van der Waals surface area contributed by atoms with Crippen LogP contribution < -0.4 is 0 Å². The number of unbranched alkanes of at least 4 members (excludes halogenated alkanes) is 23. The van der Waals surface area contributed by atoms with E-state index in [9.17, 15) is 14.7 Å². The van der Waals surface area contributed by atoms with Gasteiger partial charge in [-0.1, -0.05) is 209 Å². The zero-order chi connectivity index (χ0) is 39.3. The van der Waals surface area contributed by atoms with Gasteiger partial charge in [-0.3, -0.25) is 9.59 Å². The number of esters is 2. The predicted molar refractivity (Wildman–Crippen MR) is 233 cm³/mol. The number of aliphatic hydroxyl groups excluding tert-OH is 1. The van der Waals surface area contributed by atoms with Crippen LogP contribution in [0.2, 0.25) is 0 Å². The molecule has 0 rings (SSSR count). The summed E-state index contributed by atoms with van der Waals surface area (Å²) in [5.41, 5.74) is 0. The third kappa shape index (κ3) is 42.3. The molecule has 0 aromatic rings. The first-order chi connectivity index (χ1) is 26.6. The monoisotopic (exact) mass is 755 g/mol. The van der Waals surface area contributed by atoms with Gasteiger partial charge >= 0.3 is 11.9 Å². The number of carbonyl (C=O) groups is 2. The molecule has 0 spiro atoms. The quantitative estimate of drug-likeness (QED) is 0.0382. The number of hydrogen-bond acceptors (Lipinski definition) is 5. The van der Waals surface area contributed by atoms with Crippen LogP contribution in [0.1, 0.15) is 219 Å². The average molecular weight is 755 g/mol. The highest BCUT2D eigenvalue weighted by molar-refractivity contribution is 5.70. The highest BCUT2D eigenvalue weighted by Gasteiger charge is 2.16. The molecule has 1 atom stereocenters. The molecule has 0 aliphatic carbocycles. The SMILES string of the molecule is CC/C=C\C/C=C\C/C=C\C/C=C\C/C=C\CCCCCCCCCC(=O)OC(CO)COC(=O)CCCCCCCCCCCCCCCCCCC. The minimum absolute atomic E-state index is 0.0698. The van der Waals surface area contributed by atoms with Crippen LogP contribution in [0.5, 0.6) is 0 Å². The van der Waals surface area contributed by atoms with Crippen molar-refractivity contribution < 1.29 is 24.2 Å². The van der Waals surface area contributed by atoms with Crippen molar-refractivity contribution >= 4 is 11.9 Å². The molecule has 54 heavy (non-hydrogen) atoms. The van der Waals surface area contributed by atoms with E-state index in [1.807, 2.05) is 0 Å². The Bertz CT molecular complexity index is 946. The third-order valence-corrected chi connectivity index (χ3v) is 9.83. The first kappa shape index (κ1) is 51.6. The van der Waals surface area contributed by atoms with Crippen LogP contribution >= 0.6 is 0 Å². The fourth-order valence-electron chi connectivity index (χ4n) is 6.41. The summed E-state index contributed by atoms with van der Waals surface area (Å²) < 4.78 is 10.6. The number of hydrogen-bond donors (Lipinski definition) is 1. The van der Waals surface area contributed by atoms with Crippen LogP contribution in [0.25, 0.3) is 0 Å². The Kier molecular flexibility index (Phi) is 43.0. The van der Waals surface area contributed by atoms with Gasteiger partial charge in [0.05, 0.1) is 6.61 Å². The highest BCUT2D eigenvalue weighted by atomic mass is 16.6. The fourth-order valence-corrected chi connectivity index (χ4v) is 6.41. The maximum absolute atomic E-state index is 12.2. The lowest BCUT2D eigenvalue weighted by molar-refractivity contribution is -0.161. The van der Waals surface area contributed by atoms with Crippen LogP contribution in [-0.2, 0) is 19.1 Å². The van der Waals surface area contributed by atoms with Gasteiger partial charge in [-0.2, -0.15) is 0 Å². The molecule has 0 saturated heterocycles. The van der Waals surface area contributed by atoms with Crippen LogP contribution in [0.15, 0.2) is 60.8 Å². The summed E-state index contributed by atoms with van der Waals surface area (Å²) >= 11 is 0. The second kappa shape index (κ2) is 45.0. The molecule has 0 aromatic heterocycles. The van der Waals surface area contributed by atoms with Crippen molar-refractivity contribution in [3.05, 3.63) is 60.8 Å². The van der Waals surface area contributed by atoms with E-state index >= 15 is 0 Å². The minimum atomic E-state index is -0.778. The summed E-state index contributed by atoms with van der Waals surface area (Å²) in [6.07, 6.45) is 58.6. The summed E-state index contributed by atoms with van der Waals surface area (Å²) in [6, 6.07) is 0. The van der Waals surface area contributed by atoms with E-state index in [4.69, 9.17) is 9.47 Å². The third-order valence-electron chi connectivity index (χ3n) is 9.83. The van der Waals surface area contributed by atoms with E-state index < -0.39 is 6.10 Å². The van der Waals surface area contributed by atoms with Gasteiger partial charge in [-0.05, 0) is 57.8 Å². The molecule has 0 aliphatic heterocycles. The van der Waals surface area contributed by atoms with Crippen molar-refractivity contribution in [3.8, 4) is 0 Å². The lowest BCUT2D eigenvalue weighted by atomic mass is 10.0. The van der Waals surface area contributed by atoms with Crippen LogP contribution in [0.4, 0.5) is 0 Å². The second-order valence-corrected chi connectivity index (χ2v) is 15.1. The molecule has 0 bridgehead atoms. The van der Waals surface area contributed by atoms with Crippen molar-refractivity contribution in [2.24, 2.45) is 0 Å². The molecule has 5 heteroatoms. The Morgan fingerprint density at radius 1 is 0.444 bits per heavy atom. The normalized spacial score (nSPS) is 12.7. The minimum Gasteiger partial charge on any atom is -0.462 e. The molecule has 0 amide bonds. The Morgan fingerprint density at radius 3 is 1.20 bits per heavy atom. The van der Waals surface area contributed by atoms with Crippen LogP contribution in [-0.4, -0.2) is 36.4 Å².